The molecule has 0 saturated carbocycles. The Morgan fingerprint density at radius 2 is 1.50 bits per heavy atom. The molecule has 1 aliphatic heterocycles. The summed E-state index contributed by atoms with van der Waals surface area (Å²) in [5.41, 5.74) is 1.62. The lowest BCUT2D eigenvalue weighted by Gasteiger charge is -2.33. The van der Waals surface area contributed by atoms with Gasteiger partial charge in [-0.1, -0.05) is 66.7 Å². The molecule has 0 aromatic heterocycles. The number of carbonyl (C=O) groups excluding carboxylic acids is 1. The zero-order valence-corrected chi connectivity index (χ0v) is 20.2. The summed E-state index contributed by atoms with van der Waals surface area (Å²) in [6.07, 6.45) is 2.15. The average Bonchev–Trinajstić information content (AvgIpc) is 3.42. The highest BCUT2D eigenvalue weighted by molar-refractivity contribution is 7.89. The van der Waals surface area contributed by atoms with E-state index in [1.807, 2.05) is 48.5 Å². The van der Waals surface area contributed by atoms with E-state index in [2.05, 4.69) is 0 Å². The predicted octanol–water partition coefficient (Wildman–Crippen LogP) is 4.12. The van der Waals surface area contributed by atoms with E-state index in [1.165, 1.54) is 4.31 Å². The molecule has 3 aromatic rings. The topological polar surface area (TPSA) is 66.9 Å². The van der Waals surface area contributed by atoms with Crippen LogP contribution in [0.15, 0.2) is 89.8 Å². The van der Waals surface area contributed by atoms with Gasteiger partial charge in [0.2, 0.25) is 15.9 Å². The van der Waals surface area contributed by atoms with E-state index < -0.39 is 16.1 Å². The monoisotopic (exact) mass is 478 g/mol. The van der Waals surface area contributed by atoms with E-state index in [4.69, 9.17) is 4.74 Å². The first-order chi connectivity index (χ1) is 16.5. The van der Waals surface area contributed by atoms with Crippen LogP contribution in [0.1, 0.15) is 24.0 Å². The number of nitrogens with zero attached hydrogens (tertiary/aromatic N) is 2. The Labute approximate surface area is 201 Å². The number of methoxy groups -OCH3 is 1. The fourth-order valence-electron chi connectivity index (χ4n) is 4.39. The molecule has 1 fully saturated rings. The third-order valence-corrected chi connectivity index (χ3v) is 8.06. The van der Waals surface area contributed by atoms with Gasteiger partial charge in [0.05, 0.1) is 12.0 Å². The molecule has 34 heavy (non-hydrogen) atoms. The van der Waals surface area contributed by atoms with Crippen LogP contribution in [0.5, 0.6) is 5.75 Å². The van der Waals surface area contributed by atoms with Crippen LogP contribution in [0, 0.1) is 0 Å². The molecule has 1 atom stereocenters. The molecule has 0 spiro atoms. The number of benzene rings is 3. The normalized spacial score (nSPS) is 14.8. The molecular formula is C27H30N2O4S. The third-order valence-electron chi connectivity index (χ3n) is 6.19. The maximum Gasteiger partial charge on any atom is 0.244 e. The average molecular weight is 479 g/mol. The molecule has 4 rings (SSSR count). The van der Waals surface area contributed by atoms with E-state index in [9.17, 15) is 13.2 Å². The minimum atomic E-state index is -3.99. The molecule has 1 saturated heterocycles. The summed E-state index contributed by atoms with van der Waals surface area (Å²) in [6.45, 7) is 1.33. The molecule has 1 unspecified atom stereocenters. The van der Waals surface area contributed by atoms with Gasteiger partial charge in [-0.3, -0.25) is 4.79 Å². The van der Waals surface area contributed by atoms with E-state index >= 15 is 0 Å². The van der Waals surface area contributed by atoms with E-state index in [0.29, 0.717) is 24.4 Å². The second kappa shape index (κ2) is 10.8. The molecular weight excluding hydrogens is 448 g/mol. The van der Waals surface area contributed by atoms with E-state index in [-0.39, 0.29) is 23.8 Å². The number of sulfonamides is 1. The first-order valence-electron chi connectivity index (χ1n) is 11.5. The van der Waals surface area contributed by atoms with Crippen LogP contribution in [0.4, 0.5) is 0 Å². The van der Waals surface area contributed by atoms with Crippen molar-refractivity contribution in [3.05, 3.63) is 96.1 Å². The van der Waals surface area contributed by atoms with Crippen molar-refractivity contribution in [3.8, 4) is 5.75 Å². The van der Waals surface area contributed by atoms with Crippen LogP contribution in [-0.4, -0.2) is 49.8 Å². The number of likely N-dealkylation sites (tertiary alicyclic amines) is 1. The molecule has 1 amide bonds. The molecule has 0 N–H and O–H groups in total. The second-order valence-corrected chi connectivity index (χ2v) is 10.3. The van der Waals surface area contributed by atoms with Crippen molar-refractivity contribution in [2.24, 2.45) is 0 Å². The molecule has 0 radical (unpaired) electrons. The van der Waals surface area contributed by atoms with Gasteiger partial charge in [-0.15, -0.1) is 0 Å². The van der Waals surface area contributed by atoms with Gasteiger partial charge in [-0.05, 0) is 43.0 Å². The maximum atomic E-state index is 14.0. The minimum absolute atomic E-state index is 0.0261. The number of hydrogen-bond acceptors (Lipinski definition) is 4. The predicted molar refractivity (Wildman–Crippen MR) is 132 cm³/mol. The number of rotatable bonds is 9. The Morgan fingerprint density at radius 1 is 0.912 bits per heavy atom. The fraction of sp³-hybridized carbons (Fsp3) is 0.296. The van der Waals surface area contributed by atoms with Gasteiger partial charge in [-0.2, -0.15) is 4.31 Å². The Hall–Kier alpha value is -3.16. The smallest absolute Gasteiger partial charge is 0.244 e. The van der Waals surface area contributed by atoms with Gasteiger partial charge in [-0.25, -0.2) is 8.42 Å². The van der Waals surface area contributed by atoms with Crippen molar-refractivity contribution in [2.45, 2.75) is 36.7 Å². The van der Waals surface area contributed by atoms with E-state index in [1.54, 1.807) is 48.4 Å². The molecule has 0 aliphatic carbocycles. The summed E-state index contributed by atoms with van der Waals surface area (Å²) in [5.74, 6) is 0.429. The Balaban J connectivity index is 1.81. The number of para-hydroxylation sites is 1. The van der Waals surface area contributed by atoms with Crippen LogP contribution in [0.25, 0.3) is 0 Å². The first kappa shape index (κ1) is 24.0. The lowest BCUT2D eigenvalue weighted by Crippen LogP contribution is -2.51. The van der Waals surface area contributed by atoms with Crippen LogP contribution in [-0.2, 0) is 27.8 Å². The Bertz CT molecular complexity index is 1190. The molecule has 6 nitrogen and oxygen atoms in total. The molecule has 1 aliphatic rings. The largest absolute Gasteiger partial charge is 0.496 e. The van der Waals surface area contributed by atoms with Gasteiger partial charge < -0.3 is 9.64 Å². The zero-order valence-electron chi connectivity index (χ0n) is 19.3. The Kier molecular flexibility index (Phi) is 7.65. The summed E-state index contributed by atoms with van der Waals surface area (Å²) in [5, 5.41) is 0. The number of amides is 1. The van der Waals surface area contributed by atoms with Gasteiger partial charge in [0, 0.05) is 25.2 Å². The molecule has 1 heterocycles. The second-order valence-electron chi connectivity index (χ2n) is 8.41. The van der Waals surface area contributed by atoms with Gasteiger partial charge >= 0.3 is 0 Å². The van der Waals surface area contributed by atoms with Gasteiger partial charge in [0.15, 0.2) is 0 Å². The van der Waals surface area contributed by atoms with Gasteiger partial charge in [0.25, 0.3) is 0 Å². The van der Waals surface area contributed by atoms with Crippen molar-refractivity contribution in [2.75, 3.05) is 20.2 Å². The zero-order chi connectivity index (χ0) is 24.0. The number of ether oxygens (including phenoxy) is 1. The molecule has 0 bridgehead atoms. The number of hydrogen-bond donors (Lipinski definition) is 0. The first-order valence-corrected chi connectivity index (χ1v) is 13.0. The summed E-state index contributed by atoms with van der Waals surface area (Å²) in [6, 6.07) is 24.4. The van der Waals surface area contributed by atoms with Gasteiger partial charge in [0.1, 0.15) is 11.8 Å². The highest BCUT2D eigenvalue weighted by Crippen LogP contribution is 2.28. The van der Waals surface area contributed by atoms with E-state index in [0.717, 1.165) is 18.4 Å². The SMILES string of the molecule is COc1ccccc1CN(C(Cc1ccccc1)C(=O)N1CCCC1)S(=O)(=O)c1ccccc1. The van der Waals surface area contributed by atoms with Crippen molar-refractivity contribution >= 4 is 15.9 Å². The van der Waals surface area contributed by atoms with Crippen molar-refractivity contribution < 1.29 is 17.9 Å². The highest BCUT2D eigenvalue weighted by atomic mass is 32.2. The summed E-state index contributed by atoms with van der Waals surface area (Å²) in [4.78, 5) is 15.8. The summed E-state index contributed by atoms with van der Waals surface area (Å²) >= 11 is 0. The maximum absolute atomic E-state index is 14.0. The van der Waals surface area contributed by atoms with Crippen LogP contribution in [0.3, 0.4) is 0 Å². The van der Waals surface area contributed by atoms with Crippen molar-refractivity contribution in [3.63, 3.8) is 0 Å². The lowest BCUT2D eigenvalue weighted by molar-refractivity contribution is -0.134. The van der Waals surface area contributed by atoms with Crippen LogP contribution in [0.2, 0.25) is 0 Å². The summed E-state index contributed by atoms with van der Waals surface area (Å²) < 4.78 is 34.9. The minimum Gasteiger partial charge on any atom is -0.496 e. The standard InChI is InChI=1S/C27H30N2O4S/c1-33-26-17-9-8-14-23(26)21-29(34(31,32)24-15-6-3-7-16-24)25(20-22-12-4-2-5-13-22)27(30)28-18-10-11-19-28/h2-9,12-17,25H,10-11,18-21H2,1H3. The molecule has 178 valence electrons. The third kappa shape index (κ3) is 5.32. The molecule has 3 aromatic carbocycles. The lowest BCUT2D eigenvalue weighted by atomic mass is 10.0. The molecule has 7 heteroatoms. The van der Waals surface area contributed by atoms with Crippen LogP contribution >= 0.6 is 0 Å². The summed E-state index contributed by atoms with van der Waals surface area (Å²) in [7, 11) is -2.43. The van der Waals surface area contributed by atoms with Crippen LogP contribution < -0.4 is 4.74 Å². The Morgan fingerprint density at radius 3 is 2.15 bits per heavy atom. The fourth-order valence-corrected chi connectivity index (χ4v) is 5.97. The number of carbonyl (C=O) groups is 1. The highest BCUT2D eigenvalue weighted by Gasteiger charge is 2.39. The quantitative estimate of drug-likeness (QED) is 0.464. The van der Waals surface area contributed by atoms with Crippen molar-refractivity contribution in [1.29, 1.82) is 0 Å². The van der Waals surface area contributed by atoms with Crippen molar-refractivity contribution in [1.82, 2.24) is 9.21 Å².